The number of aromatic nitrogens is 2. The zero-order valence-electron chi connectivity index (χ0n) is 14.6. The molecular weight excluding hydrogens is 479 g/mol. The van der Waals surface area contributed by atoms with Crippen molar-refractivity contribution in [3.05, 3.63) is 64.2 Å². The Morgan fingerprint density at radius 3 is 2.03 bits per heavy atom. The molecule has 0 bridgehead atoms. The van der Waals surface area contributed by atoms with Gasteiger partial charge in [0.2, 0.25) is 9.81 Å². The quantitative estimate of drug-likeness (QED) is 0.515. The van der Waals surface area contributed by atoms with Gasteiger partial charge in [0, 0.05) is 0 Å². The van der Waals surface area contributed by atoms with Gasteiger partial charge in [-0.05, 0) is 48.5 Å². The normalized spacial score (nSPS) is 13.5. The molecule has 0 aliphatic heterocycles. The number of halogens is 7. The van der Waals surface area contributed by atoms with Gasteiger partial charge in [-0.15, -0.1) is 22.7 Å². The molecule has 0 radical (unpaired) electrons. The Labute approximate surface area is 172 Å². The van der Waals surface area contributed by atoms with Crippen molar-refractivity contribution in [3.63, 3.8) is 0 Å². The molecule has 3 aromatic rings. The molecule has 2 aromatic carbocycles. The van der Waals surface area contributed by atoms with Gasteiger partial charge in [0.25, 0.3) is 10.0 Å². The van der Waals surface area contributed by atoms with Crippen LogP contribution in [0.5, 0.6) is 5.75 Å². The average molecular weight is 487 g/mol. The van der Waals surface area contributed by atoms with Gasteiger partial charge in [-0.25, -0.2) is 9.07 Å². The Hall–Kier alpha value is -2.94. The molecular formula is C16H8F7N3O3S2. The van der Waals surface area contributed by atoms with Crippen LogP contribution in [0.4, 0.5) is 30.7 Å². The first-order chi connectivity index (χ1) is 14.2. The summed E-state index contributed by atoms with van der Waals surface area (Å²) in [4.78, 5) is -1.22. The molecule has 0 spiro atoms. The lowest BCUT2D eigenvalue weighted by atomic mass is 10.3. The number of sulfonamides is 1. The van der Waals surface area contributed by atoms with E-state index in [9.17, 15) is 39.2 Å². The first-order valence-electron chi connectivity index (χ1n) is 7.85. The molecule has 166 valence electrons. The molecule has 0 aliphatic rings. The van der Waals surface area contributed by atoms with Crippen LogP contribution in [0.25, 0.3) is 5.69 Å². The minimum Gasteiger partial charge on any atom is -0.406 e. The SMILES string of the molecule is O=S(=O)(/N=c1\sc(C(F)(F)F)nn1-c1ccc(OC(F)(F)F)cc1)c1ccc(F)cc1. The lowest BCUT2D eigenvalue weighted by Gasteiger charge is -2.09. The second-order valence-corrected chi connectivity index (χ2v) is 8.22. The van der Waals surface area contributed by atoms with Gasteiger partial charge in [-0.3, -0.25) is 0 Å². The summed E-state index contributed by atoms with van der Waals surface area (Å²) in [6, 6.07) is 6.87. The molecule has 0 saturated carbocycles. The van der Waals surface area contributed by atoms with Crippen LogP contribution >= 0.6 is 11.3 Å². The van der Waals surface area contributed by atoms with Crippen LogP contribution < -0.4 is 9.54 Å². The molecule has 0 unspecified atom stereocenters. The fraction of sp³-hybridized carbons (Fsp3) is 0.125. The summed E-state index contributed by atoms with van der Waals surface area (Å²) in [6.45, 7) is 0. The molecule has 0 atom stereocenters. The van der Waals surface area contributed by atoms with Gasteiger partial charge < -0.3 is 4.74 Å². The fourth-order valence-corrected chi connectivity index (χ4v) is 4.13. The Morgan fingerprint density at radius 1 is 0.935 bits per heavy atom. The highest BCUT2D eigenvalue weighted by molar-refractivity contribution is 7.90. The monoisotopic (exact) mass is 487 g/mol. The standard InChI is InChI=1S/C16H8F7N3O3S2/c17-9-1-7-12(8-2-9)31(27,28)25-14-26(24-13(30-14)15(18,19)20)10-3-5-11(6-4-10)29-16(21,22)23/h1-8H/b25-14-. The average Bonchev–Trinajstić information content (AvgIpc) is 3.05. The van der Waals surface area contributed by atoms with Gasteiger partial charge >= 0.3 is 12.5 Å². The minimum absolute atomic E-state index is 0.104. The zero-order valence-corrected chi connectivity index (χ0v) is 16.3. The second kappa shape index (κ2) is 7.96. The molecule has 0 fully saturated rings. The van der Waals surface area contributed by atoms with E-state index in [1.54, 1.807) is 0 Å². The molecule has 0 saturated heterocycles. The summed E-state index contributed by atoms with van der Waals surface area (Å²) in [5.74, 6) is -1.40. The van der Waals surface area contributed by atoms with Gasteiger partial charge in [0.1, 0.15) is 11.6 Å². The third kappa shape index (κ3) is 5.61. The number of hydrogen-bond donors (Lipinski definition) is 0. The summed E-state index contributed by atoms with van der Waals surface area (Å²) in [5.41, 5.74) is -0.214. The summed E-state index contributed by atoms with van der Waals surface area (Å²) in [6.07, 6.45) is -9.93. The van der Waals surface area contributed by atoms with Crippen LogP contribution in [0, 0.1) is 5.82 Å². The van der Waals surface area contributed by atoms with Crippen molar-refractivity contribution >= 4 is 21.4 Å². The highest BCUT2D eigenvalue weighted by atomic mass is 32.2. The van der Waals surface area contributed by atoms with Crippen LogP contribution in [0.2, 0.25) is 0 Å². The van der Waals surface area contributed by atoms with Crippen LogP contribution in [-0.4, -0.2) is 24.6 Å². The highest BCUT2D eigenvalue weighted by Gasteiger charge is 2.36. The van der Waals surface area contributed by atoms with Crippen LogP contribution in [0.1, 0.15) is 5.01 Å². The number of alkyl halides is 6. The third-order valence-electron chi connectivity index (χ3n) is 3.43. The molecule has 31 heavy (non-hydrogen) atoms. The Morgan fingerprint density at radius 2 is 1.52 bits per heavy atom. The van der Waals surface area contributed by atoms with Crippen LogP contribution in [0.3, 0.4) is 0 Å². The topological polar surface area (TPSA) is 73.5 Å². The molecule has 6 nitrogen and oxygen atoms in total. The van der Waals surface area contributed by atoms with Crippen LogP contribution in [0.15, 0.2) is 57.8 Å². The summed E-state index contributed by atoms with van der Waals surface area (Å²) in [7, 11) is -4.56. The summed E-state index contributed by atoms with van der Waals surface area (Å²) >= 11 is -0.104. The molecule has 0 amide bonds. The van der Waals surface area contributed by atoms with Crippen molar-refractivity contribution in [2.45, 2.75) is 17.4 Å². The lowest BCUT2D eigenvalue weighted by molar-refractivity contribution is -0.274. The number of rotatable bonds is 4. The Kier molecular flexibility index (Phi) is 5.84. The van der Waals surface area contributed by atoms with Crippen molar-refractivity contribution in [2.24, 2.45) is 4.40 Å². The van der Waals surface area contributed by atoms with Crippen molar-refractivity contribution < 1.29 is 43.9 Å². The smallest absolute Gasteiger partial charge is 0.406 e. The fourth-order valence-electron chi connectivity index (χ4n) is 2.17. The zero-order chi connectivity index (χ0) is 23.0. The Bertz CT molecular complexity index is 1240. The number of benzene rings is 2. The second-order valence-electron chi connectivity index (χ2n) is 5.66. The van der Waals surface area contributed by atoms with E-state index in [1.807, 2.05) is 0 Å². The molecule has 1 heterocycles. The lowest BCUT2D eigenvalue weighted by Crippen LogP contribution is -2.18. The first-order valence-corrected chi connectivity index (χ1v) is 10.1. The maximum Gasteiger partial charge on any atom is 0.573 e. The van der Waals surface area contributed by atoms with E-state index in [2.05, 4.69) is 14.2 Å². The van der Waals surface area contributed by atoms with E-state index in [-0.39, 0.29) is 17.0 Å². The highest BCUT2D eigenvalue weighted by Crippen LogP contribution is 2.30. The van der Waals surface area contributed by atoms with Crippen LogP contribution in [-0.2, 0) is 16.2 Å². The summed E-state index contributed by atoms with van der Waals surface area (Å²) in [5, 5.41) is 1.83. The summed E-state index contributed by atoms with van der Waals surface area (Å²) < 4.78 is 121. The molecule has 3 rings (SSSR count). The van der Waals surface area contributed by atoms with E-state index >= 15 is 0 Å². The first kappa shape index (κ1) is 22.7. The van der Waals surface area contributed by atoms with Gasteiger partial charge in [-0.1, -0.05) is 11.3 Å². The maximum atomic E-state index is 13.1. The van der Waals surface area contributed by atoms with E-state index in [0.717, 1.165) is 48.5 Å². The van der Waals surface area contributed by atoms with E-state index < -0.39 is 48.8 Å². The maximum absolute atomic E-state index is 13.1. The Balaban J connectivity index is 2.12. The van der Waals surface area contributed by atoms with Crippen molar-refractivity contribution in [1.82, 2.24) is 9.78 Å². The molecule has 15 heteroatoms. The van der Waals surface area contributed by atoms with Gasteiger partial charge in [-0.2, -0.15) is 21.6 Å². The van der Waals surface area contributed by atoms with E-state index in [1.165, 1.54) is 0 Å². The van der Waals surface area contributed by atoms with Crippen molar-refractivity contribution in [1.29, 1.82) is 0 Å². The minimum atomic E-state index is -4.98. The third-order valence-corrected chi connectivity index (χ3v) is 5.78. The van der Waals surface area contributed by atoms with E-state index in [0.29, 0.717) is 4.68 Å². The predicted molar refractivity (Wildman–Crippen MR) is 92.3 cm³/mol. The predicted octanol–water partition coefficient (Wildman–Crippen LogP) is 4.28. The number of ether oxygens (including phenoxy) is 1. The van der Waals surface area contributed by atoms with E-state index in [4.69, 9.17) is 0 Å². The number of nitrogens with zero attached hydrogens (tertiary/aromatic N) is 3. The number of hydrogen-bond acceptors (Lipinski definition) is 5. The molecule has 0 N–H and O–H groups in total. The van der Waals surface area contributed by atoms with Crippen molar-refractivity contribution in [3.8, 4) is 11.4 Å². The van der Waals surface area contributed by atoms with Crippen molar-refractivity contribution in [2.75, 3.05) is 0 Å². The molecule has 0 aliphatic carbocycles. The largest absolute Gasteiger partial charge is 0.573 e. The molecule has 1 aromatic heterocycles. The van der Waals surface area contributed by atoms with Gasteiger partial charge in [0.15, 0.2) is 0 Å². The van der Waals surface area contributed by atoms with Gasteiger partial charge in [0.05, 0.1) is 10.6 Å².